The molecule has 0 saturated carbocycles. The smallest absolute Gasteiger partial charge is 0.257 e. The molecular weight excluding hydrogens is 336 g/mol. The number of benzene rings is 2. The van der Waals surface area contributed by atoms with E-state index in [-0.39, 0.29) is 11.0 Å². The fourth-order valence-corrected chi connectivity index (χ4v) is 2.31. The van der Waals surface area contributed by atoms with Crippen LogP contribution in [0, 0.1) is 13.8 Å². The van der Waals surface area contributed by atoms with Gasteiger partial charge in [0.25, 0.3) is 5.91 Å². The Balaban J connectivity index is 1.89. The molecule has 132 valence electrons. The highest BCUT2D eigenvalue weighted by Crippen LogP contribution is 2.14. The highest BCUT2D eigenvalue weighted by Gasteiger charge is 2.08. The highest BCUT2D eigenvalue weighted by atomic mass is 32.1. The molecule has 0 atom stereocenters. The fraction of sp³-hybridized carbons (Fsp3) is 0.263. The molecule has 2 N–H and O–H groups in total. The predicted octanol–water partition coefficient (Wildman–Crippen LogP) is 3.46. The molecular formula is C19H22N2O3S. The van der Waals surface area contributed by atoms with Crippen LogP contribution < -0.4 is 15.4 Å². The van der Waals surface area contributed by atoms with E-state index in [1.165, 1.54) is 5.56 Å². The van der Waals surface area contributed by atoms with Crippen molar-refractivity contribution in [3.8, 4) is 5.75 Å². The van der Waals surface area contributed by atoms with Gasteiger partial charge in [-0.15, -0.1) is 0 Å². The van der Waals surface area contributed by atoms with E-state index in [9.17, 15) is 4.79 Å². The SMILES string of the molecule is COCCOc1ccc(C(=O)NC(=S)Nc2ccc(C)c(C)c2)cc1. The molecule has 0 unspecified atom stereocenters. The van der Waals surface area contributed by atoms with Crippen LogP contribution in [0.25, 0.3) is 0 Å². The van der Waals surface area contributed by atoms with Crippen LogP contribution in [-0.4, -0.2) is 31.3 Å². The minimum absolute atomic E-state index is 0.258. The van der Waals surface area contributed by atoms with Crippen LogP contribution >= 0.6 is 12.2 Å². The van der Waals surface area contributed by atoms with Gasteiger partial charge < -0.3 is 14.8 Å². The number of carbonyl (C=O) groups excluding carboxylic acids is 1. The summed E-state index contributed by atoms with van der Waals surface area (Å²) < 4.78 is 10.4. The number of hydrogen-bond donors (Lipinski definition) is 2. The predicted molar refractivity (Wildman–Crippen MR) is 103 cm³/mol. The topological polar surface area (TPSA) is 59.6 Å². The van der Waals surface area contributed by atoms with Crippen molar-refractivity contribution in [3.63, 3.8) is 0 Å². The van der Waals surface area contributed by atoms with E-state index >= 15 is 0 Å². The van der Waals surface area contributed by atoms with Crippen molar-refractivity contribution in [2.45, 2.75) is 13.8 Å². The summed E-state index contributed by atoms with van der Waals surface area (Å²) in [6.45, 7) is 5.05. The third-order valence-electron chi connectivity index (χ3n) is 3.66. The summed E-state index contributed by atoms with van der Waals surface area (Å²) in [5.41, 5.74) is 3.70. The molecule has 0 heterocycles. The second-order valence-electron chi connectivity index (χ2n) is 5.57. The lowest BCUT2D eigenvalue weighted by molar-refractivity contribution is 0.0977. The molecule has 0 aliphatic heterocycles. The van der Waals surface area contributed by atoms with E-state index in [2.05, 4.69) is 10.6 Å². The number of amides is 1. The number of aryl methyl sites for hydroxylation is 2. The van der Waals surface area contributed by atoms with E-state index in [1.54, 1.807) is 31.4 Å². The van der Waals surface area contributed by atoms with Gasteiger partial charge in [0.1, 0.15) is 12.4 Å². The Morgan fingerprint density at radius 2 is 1.76 bits per heavy atom. The van der Waals surface area contributed by atoms with Gasteiger partial charge in [0.05, 0.1) is 6.61 Å². The maximum atomic E-state index is 12.2. The molecule has 2 aromatic rings. The number of nitrogens with one attached hydrogen (secondary N) is 2. The van der Waals surface area contributed by atoms with Gasteiger partial charge in [-0.3, -0.25) is 10.1 Å². The van der Waals surface area contributed by atoms with Crippen LogP contribution in [0.15, 0.2) is 42.5 Å². The number of anilines is 1. The van der Waals surface area contributed by atoms with Crippen LogP contribution in [-0.2, 0) is 4.74 Å². The zero-order valence-corrected chi connectivity index (χ0v) is 15.4. The van der Waals surface area contributed by atoms with Gasteiger partial charge in [0.15, 0.2) is 5.11 Å². The number of carbonyl (C=O) groups is 1. The minimum atomic E-state index is -0.273. The first kappa shape index (κ1) is 18.9. The summed E-state index contributed by atoms with van der Waals surface area (Å²) in [4.78, 5) is 12.2. The monoisotopic (exact) mass is 358 g/mol. The van der Waals surface area contributed by atoms with Crippen molar-refractivity contribution >= 4 is 28.9 Å². The Bertz CT molecular complexity index is 745. The molecule has 0 aliphatic rings. The van der Waals surface area contributed by atoms with Crippen LogP contribution in [0.4, 0.5) is 5.69 Å². The van der Waals surface area contributed by atoms with Gasteiger partial charge in [0.2, 0.25) is 0 Å². The molecule has 25 heavy (non-hydrogen) atoms. The standard InChI is InChI=1S/C19H22N2O3S/c1-13-4-7-16(12-14(13)2)20-19(25)21-18(22)15-5-8-17(9-6-15)24-11-10-23-3/h4-9,12H,10-11H2,1-3H3,(H2,20,21,22,25). The lowest BCUT2D eigenvalue weighted by atomic mass is 10.1. The molecule has 1 amide bonds. The van der Waals surface area contributed by atoms with Gasteiger partial charge in [-0.05, 0) is 73.6 Å². The first-order valence-electron chi connectivity index (χ1n) is 7.91. The summed E-state index contributed by atoms with van der Waals surface area (Å²) in [7, 11) is 1.62. The minimum Gasteiger partial charge on any atom is -0.491 e. The largest absolute Gasteiger partial charge is 0.491 e. The van der Waals surface area contributed by atoms with E-state index < -0.39 is 0 Å². The van der Waals surface area contributed by atoms with Crippen molar-refractivity contribution in [3.05, 3.63) is 59.2 Å². The maximum Gasteiger partial charge on any atom is 0.257 e. The van der Waals surface area contributed by atoms with Gasteiger partial charge in [-0.1, -0.05) is 6.07 Å². The second kappa shape index (κ2) is 9.15. The number of ether oxygens (including phenoxy) is 2. The quantitative estimate of drug-likeness (QED) is 0.612. The first-order valence-corrected chi connectivity index (χ1v) is 8.32. The van der Waals surface area contributed by atoms with E-state index in [1.807, 2.05) is 32.0 Å². The molecule has 0 spiro atoms. The number of methoxy groups -OCH3 is 1. The van der Waals surface area contributed by atoms with Crippen LogP contribution in [0.2, 0.25) is 0 Å². The van der Waals surface area contributed by atoms with Crippen LogP contribution in [0.3, 0.4) is 0 Å². The Morgan fingerprint density at radius 1 is 1.04 bits per heavy atom. The zero-order chi connectivity index (χ0) is 18.2. The molecule has 2 rings (SSSR count). The van der Waals surface area contributed by atoms with Crippen molar-refractivity contribution in [1.29, 1.82) is 0 Å². The Morgan fingerprint density at radius 3 is 2.40 bits per heavy atom. The van der Waals surface area contributed by atoms with Gasteiger partial charge in [0, 0.05) is 18.4 Å². The third kappa shape index (κ3) is 5.85. The van der Waals surface area contributed by atoms with E-state index in [0.717, 1.165) is 11.3 Å². The summed E-state index contributed by atoms with van der Waals surface area (Å²) in [5, 5.41) is 5.95. The summed E-state index contributed by atoms with van der Waals surface area (Å²) in [6.07, 6.45) is 0. The molecule has 0 bridgehead atoms. The van der Waals surface area contributed by atoms with Gasteiger partial charge in [-0.25, -0.2) is 0 Å². The second-order valence-corrected chi connectivity index (χ2v) is 5.98. The van der Waals surface area contributed by atoms with Crippen LogP contribution in [0.5, 0.6) is 5.75 Å². The Labute approximate surface area is 153 Å². The third-order valence-corrected chi connectivity index (χ3v) is 3.87. The molecule has 2 aromatic carbocycles. The molecule has 0 fully saturated rings. The summed E-state index contributed by atoms with van der Waals surface area (Å²) in [6, 6.07) is 12.8. The van der Waals surface area contributed by atoms with E-state index in [0.29, 0.717) is 24.5 Å². The molecule has 5 nitrogen and oxygen atoms in total. The Kier molecular flexibility index (Phi) is 6.91. The summed E-state index contributed by atoms with van der Waals surface area (Å²) >= 11 is 5.20. The highest BCUT2D eigenvalue weighted by molar-refractivity contribution is 7.80. The lowest BCUT2D eigenvalue weighted by Gasteiger charge is -2.11. The van der Waals surface area contributed by atoms with Crippen molar-refractivity contribution in [2.75, 3.05) is 25.6 Å². The molecule has 0 radical (unpaired) electrons. The van der Waals surface area contributed by atoms with Gasteiger partial charge >= 0.3 is 0 Å². The Hall–Kier alpha value is -2.44. The molecule has 6 heteroatoms. The molecule has 0 aliphatic carbocycles. The molecule has 0 saturated heterocycles. The summed E-state index contributed by atoms with van der Waals surface area (Å²) in [5.74, 6) is 0.411. The lowest BCUT2D eigenvalue weighted by Crippen LogP contribution is -2.34. The first-order chi connectivity index (χ1) is 12.0. The normalized spacial score (nSPS) is 10.2. The zero-order valence-electron chi connectivity index (χ0n) is 14.6. The van der Waals surface area contributed by atoms with Gasteiger partial charge in [-0.2, -0.15) is 0 Å². The maximum absolute atomic E-state index is 12.2. The number of hydrogen-bond acceptors (Lipinski definition) is 4. The average molecular weight is 358 g/mol. The van der Waals surface area contributed by atoms with Crippen LogP contribution in [0.1, 0.15) is 21.5 Å². The van der Waals surface area contributed by atoms with E-state index in [4.69, 9.17) is 21.7 Å². The fourth-order valence-electron chi connectivity index (χ4n) is 2.10. The van der Waals surface area contributed by atoms with Crippen molar-refractivity contribution < 1.29 is 14.3 Å². The average Bonchev–Trinajstić information content (AvgIpc) is 2.59. The van der Waals surface area contributed by atoms with Crippen molar-refractivity contribution in [1.82, 2.24) is 5.32 Å². The number of rotatable bonds is 6. The van der Waals surface area contributed by atoms with Crippen molar-refractivity contribution in [2.24, 2.45) is 0 Å². The number of thiocarbonyl (C=S) groups is 1. The molecule has 0 aromatic heterocycles.